The summed E-state index contributed by atoms with van der Waals surface area (Å²) in [5, 5.41) is 12.2. The predicted octanol–water partition coefficient (Wildman–Crippen LogP) is 1.96. The molecule has 1 aromatic rings. The molecule has 0 amide bonds. The maximum absolute atomic E-state index is 8.84. The van der Waals surface area contributed by atoms with E-state index in [1.165, 1.54) is 0 Å². The molecule has 5 heteroatoms. The molecule has 0 radical (unpaired) electrons. The second-order valence-electron chi connectivity index (χ2n) is 4.66. The minimum absolute atomic E-state index is 0.223. The number of benzene rings is 1. The Morgan fingerprint density at radius 1 is 1.10 bits per heavy atom. The van der Waals surface area contributed by atoms with E-state index in [2.05, 4.69) is 12.2 Å². The van der Waals surface area contributed by atoms with Crippen LogP contribution in [0.1, 0.15) is 25.3 Å². The van der Waals surface area contributed by atoms with E-state index in [1.54, 1.807) is 21.3 Å². The quantitative estimate of drug-likeness (QED) is 0.725. The van der Waals surface area contributed by atoms with Crippen molar-refractivity contribution in [3.63, 3.8) is 0 Å². The molecule has 20 heavy (non-hydrogen) atoms. The highest BCUT2D eigenvalue weighted by molar-refractivity contribution is 5.50. The largest absolute Gasteiger partial charge is 0.496 e. The van der Waals surface area contributed by atoms with Gasteiger partial charge in [0.2, 0.25) is 0 Å². The fourth-order valence-corrected chi connectivity index (χ4v) is 2.03. The molecule has 0 saturated carbocycles. The molecule has 114 valence electrons. The Kier molecular flexibility index (Phi) is 7.18. The highest BCUT2D eigenvalue weighted by Gasteiger charge is 2.14. The Balaban J connectivity index is 2.81. The second kappa shape index (κ2) is 8.66. The van der Waals surface area contributed by atoms with Crippen molar-refractivity contribution in [1.29, 1.82) is 0 Å². The summed E-state index contributed by atoms with van der Waals surface area (Å²) in [6.45, 7) is 2.96. The Morgan fingerprint density at radius 3 is 2.15 bits per heavy atom. The molecule has 0 bridgehead atoms. The third kappa shape index (κ3) is 4.58. The number of ether oxygens (including phenoxy) is 3. The van der Waals surface area contributed by atoms with Crippen molar-refractivity contribution in [2.24, 2.45) is 0 Å². The summed E-state index contributed by atoms with van der Waals surface area (Å²) in [6.07, 6.45) is 1.72. The van der Waals surface area contributed by atoms with Crippen LogP contribution in [-0.2, 0) is 6.54 Å². The number of hydrogen-bond donors (Lipinski definition) is 2. The van der Waals surface area contributed by atoms with Crippen molar-refractivity contribution in [3.05, 3.63) is 17.7 Å². The molecule has 0 aromatic heterocycles. The monoisotopic (exact) mass is 283 g/mol. The molecule has 0 fully saturated rings. The normalized spacial score (nSPS) is 12.1. The number of hydrogen-bond acceptors (Lipinski definition) is 5. The van der Waals surface area contributed by atoms with E-state index < -0.39 is 0 Å². The highest BCUT2D eigenvalue weighted by Crippen LogP contribution is 2.33. The molecule has 5 nitrogen and oxygen atoms in total. The molecule has 2 N–H and O–H groups in total. The van der Waals surface area contributed by atoms with Gasteiger partial charge in [-0.05, 0) is 19.8 Å². The number of methoxy groups -OCH3 is 3. The molecular formula is C15H25NO4. The first-order valence-electron chi connectivity index (χ1n) is 6.79. The zero-order chi connectivity index (χ0) is 15.0. The van der Waals surface area contributed by atoms with Crippen LogP contribution < -0.4 is 19.5 Å². The average Bonchev–Trinajstić information content (AvgIpc) is 2.49. The van der Waals surface area contributed by atoms with Crippen molar-refractivity contribution >= 4 is 0 Å². The third-order valence-electron chi connectivity index (χ3n) is 3.24. The molecule has 0 heterocycles. The first-order valence-corrected chi connectivity index (χ1v) is 6.79. The van der Waals surface area contributed by atoms with E-state index in [4.69, 9.17) is 19.3 Å². The molecule has 0 saturated heterocycles. The lowest BCUT2D eigenvalue weighted by Gasteiger charge is -2.18. The van der Waals surface area contributed by atoms with Gasteiger partial charge in [-0.15, -0.1) is 0 Å². The van der Waals surface area contributed by atoms with Crippen LogP contribution in [0.15, 0.2) is 12.1 Å². The van der Waals surface area contributed by atoms with Crippen LogP contribution in [0.25, 0.3) is 0 Å². The van der Waals surface area contributed by atoms with Gasteiger partial charge in [0.25, 0.3) is 0 Å². The van der Waals surface area contributed by atoms with Gasteiger partial charge in [-0.25, -0.2) is 0 Å². The van der Waals surface area contributed by atoms with Crippen LogP contribution in [0.4, 0.5) is 0 Å². The van der Waals surface area contributed by atoms with Gasteiger partial charge in [0, 0.05) is 31.3 Å². The lowest BCUT2D eigenvalue weighted by atomic mass is 10.1. The molecule has 0 aliphatic rings. The molecule has 0 aliphatic heterocycles. The van der Waals surface area contributed by atoms with E-state index in [9.17, 15) is 0 Å². The van der Waals surface area contributed by atoms with Gasteiger partial charge in [0.1, 0.15) is 17.2 Å². The van der Waals surface area contributed by atoms with E-state index in [1.807, 2.05) is 12.1 Å². The highest BCUT2D eigenvalue weighted by atomic mass is 16.5. The van der Waals surface area contributed by atoms with E-state index in [-0.39, 0.29) is 6.61 Å². The third-order valence-corrected chi connectivity index (χ3v) is 3.24. The summed E-state index contributed by atoms with van der Waals surface area (Å²) in [7, 11) is 4.88. The first-order chi connectivity index (χ1) is 9.65. The van der Waals surface area contributed by atoms with Crippen LogP contribution in [-0.4, -0.2) is 39.1 Å². The maximum Gasteiger partial charge on any atom is 0.130 e. The minimum atomic E-state index is 0.223. The summed E-state index contributed by atoms with van der Waals surface area (Å²) >= 11 is 0. The zero-order valence-electron chi connectivity index (χ0n) is 12.7. The molecule has 1 unspecified atom stereocenters. The summed E-state index contributed by atoms with van der Waals surface area (Å²) in [5.74, 6) is 2.18. The Morgan fingerprint density at radius 2 is 1.70 bits per heavy atom. The summed E-state index contributed by atoms with van der Waals surface area (Å²) < 4.78 is 16.0. The maximum atomic E-state index is 8.84. The Hall–Kier alpha value is -1.46. The molecule has 0 aliphatic carbocycles. The molecule has 0 spiro atoms. The topological polar surface area (TPSA) is 60.0 Å². The number of nitrogens with one attached hydrogen (secondary N) is 1. The number of rotatable bonds is 9. The van der Waals surface area contributed by atoms with Crippen molar-refractivity contribution in [2.75, 3.05) is 27.9 Å². The van der Waals surface area contributed by atoms with Crippen molar-refractivity contribution in [2.45, 2.75) is 32.4 Å². The summed E-state index contributed by atoms with van der Waals surface area (Å²) in [6, 6.07) is 4.01. The zero-order valence-corrected chi connectivity index (χ0v) is 12.7. The summed E-state index contributed by atoms with van der Waals surface area (Å²) in [4.78, 5) is 0. The van der Waals surface area contributed by atoms with E-state index >= 15 is 0 Å². The van der Waals surface area contributed by atoms with Gasteiger partial charge in [-0.2, -0.15) is 0 Å². The smallest absolute Gasteiger partial charge is 0.130 e. The van der Waals surface area contributed by atoms with Gasteiger partial charge >= 0.3 is 0 Å². The summed E-state index contributed by atoms with van der Waals surface area (Å²) in [5.41, 5.74) is 0.964. The molecule has 1 atom stereocenters. The van der Waals surface area contributed by atoms with Gasteiger partial charge < -0.3 is 24.6 Å². The van der Waals surface area contributed by atoms with Crippen LogP contribution >= 0.6 is 0 Å². The average molecular weight is 283 g/mol. The number of aliphatic hydroxyl groups is 1. The van der Waals surface area contributed by atoms with Crippen molar-refractivity contribution in [3.8, 4) is 17.2 Å². The van der Waals surface area contributed by atoms with Crippen molar-refractivity contribution in [1.82, 2.24) is 5.32 Å². The number of aliphatic hydroxyl groups excluding tert-OH is 1. The fourth-order valence-electron chi connectivity index (χ4n) is 2.03. The lowest BCUT2D eigenvalue weighted by molar-refractivity contribution is 0.276. The van der Waals surface area contributed by atoms with E-state index in [0.717, 1.165) is 29.9 Å². The molecule has 1 aromatic carbocycles. The van der Waals surface area contributed by atoms with Gasteiger partial charge in [0.05, 0.1) is 26.9 Å². The van der Waals surface area contributed by atoms with Gasteiger partial charge in [-0.3, -0.25) is 0 Å². The Labute approximate surface area is 120 Å². The Bertz CT molecular complexity index is 384. The lowest BCUT2D eigenvalue weighted by Crippen LogP contribution is -2.26. The van der Waals surface area contributed by atoms with Crippen LogP contribution in [0, 0.1) is 0 Å². The van der Waals surface area contributed by atoms with Crippen LogP contribution in [0.5, 0.6) is 17.2 Å². The van der Waals surface area contributed by atoms with Gasteiger partial charge in [0.15, 0.2) is 0 Å². The van der Waals surface area contributed by atoms with Crippen LogP contribution in [0.3, 0.4) is 0 Å². The van der Waals surface area contributed by atoms with Gasteiger partial charge in [-0.1, -0.05) is 0 Å². The first kappa shape index (κ1) is 16.6. The SMILES string of the molecule is COc1cc(OC)c(CNC(C)CCCO)c(OC)c1. The minimum Gasteiger partial charge on any atom is -0.496 e. The van der Waals surface area contributed by atoms with Crippen molar-refractivity contribution < 1.29 is 19.3 Å². The fraction of sp³-hybridized carbons (Fsp3) is 0.600. The molecular weight excluding hydrogens is 258 g/mol. The standard InChI is InChI=1S/C15H25NO4/c1-11(6-5-7-17)16-10-13-14(19-3)8-12(18-2)9-15(13)20-4/h8-9,11,16-17H,5-7,10H2,1-4H3. The second-order valence-corrected chi connectivity index (χ2v) is 4.66. The predicted molar refractivity (Wildman–Crippen MR) is 78.7 cm³/mol. The van der Waals surface area contributed by atoms with Crippen LogP contribution in [0.2, 0.25) is 0 Å². The van der Waals surface area contributed by atoms with E-state index in [0.29, 0.717) is 18.3 Å². The molecule has 1 rings (SSSR count).